The van der Waals surface area contributed by atoms with E-state index >= 15 is 0 Å². The summed E-state index contributed by atoms with van der Waals surface area (Å²) in [6, 6.07) is 27.3. The first kappa shape index (κ1) is 25.3. The van der Waals surface area contributed by atoms with Gasteiger partial charge in [0.05, 0.1) is 0 Å². The molecule has 3 fully saturated rings. The van der Waals surface area contributed by atoms with Crippen molar-refractivity contribution in [2.45, 2.75) is 63.2 Å². The van der Waals surface area contributed by atoms with E-state index in [1.807, 2.05) is 35.2 Å². The number of likely N-dealkylation sites (tertiary alicyclic amines) is 1. The molecule has 3 aromatic rings. The van der Waals surface area contributed by atoms with Gasteiger partial charge in [-0.1, -0.05) is 66.7 Å². The van der Waals surface area contributed by atoms with Crippen LogP contribution in [0.3, 0.4) is 0 Å². The van der Waals surface area contributed by atoms with Crippen molar-refractivity contribution in [1.29, 1.82) is 0 Å². The largest absolute Gasteiger partial charge is 0.372 e. The predicted octanol–water partition coefficient (Wildman–Crippen LogP) is 5.25. The molecular formula is C34H38N4O2. The molecule has 3 amide bonds. The lowest BCUT2D eigenvalue weighted by Crippen LogP contribution is -2.56. The quantitative estimate of drug-likeness (QED) is 0.405. The SMILES string of the molecule is O=C1N(C2Cc3ccccc3C2)C(=O)C2(CCN(Cc3ccc(N4CCCC4)cc3)CC2)N1Cc1ccccc1. The molecule has 0 bridgehead atoms. The van der Waals surface area contributed by atoms with Gasteiger partial charge < -0.3 is 9.80 Å². The Bertz CT molecular complexity index is 1350. The summed E-state index contributed by atoms with van der Waals surface area (Å²) in [5.74, 6) is 0.0147. The summed E-state index contributed by atoms with van der Waals surface area (Å²) in [4.78, 5) is 36.8. The average Bonchev–Trinajstić information content (AvgIpc) is 3.71. The van der Waals surface area contributed by atoms with Crippen LogP contribution in [-0.4, -0.2) is 64.4 Å². The van der Waals surface area contributed by atoms with Crippen LogP contribution in [0.5, 0.6) is 0 Å². The van der Waals surface area contributed by atoms with E-state index in [9.17, 15) is 9.59 Å². The molecule has 3 aromatic carbocycles. The second-order valence-corrected chi connectivity index (χ2v) is 12.0. The minimum absolute atomic E-state index is 0.0147. The highest BCUT2D eigenvalue weighted by molar-refractivity contribution is 6.07. The number of carbonyl (C=O) groups is 2. The van der Waals surface area contributed by atoms with Crippen molar-refractivity contribution in [2.24, 2.45) is 0 Å². The number of imide groups is 1. The monoisotopic (exact) mass is 534 g/mol. The fourth-order valence-electron chi connectivity index (χ4n) is 7.38. The number of hydrogen-bond acceptors (Lipinski definition) is 4. The van der Waals surface area contributed by atoms with Gasteiger partial charge in [0.1, 0.15) is 5.54 Å². The highest BCUT2D eigenvalue weighted by Gasteiger charge is 2.59. The summed E-state index contributed by atoms with van der Waals surface area (Å²) >= 11 is 0. The molecule has 1 spiro atoms. The maximum Gasteiger partial charge on any atom is 0.328 e. The average molecular weight is 535 g/mol. The van der Waals surface area contributed by atoms with Crippen molar-refractivity contribution in [1.82, 2.24) is 14.7 Å². The molecule has 0 unspecified atom stereocenters. The summed E-state index contributed by atoms with van der Waals surface area (Å²) in [5, 5.41) is 0. The lowest BCUT2D eigenvalue weighted by Gasteiger charge is -2.42. The van der Waals surface area contributed by atoms with Gasteiger partial charge in [-0.2, -0.15) is 0 Å². The Balaban J connectivity index is 1.09. The molecule has 1 aliphatic carbocycles. The number of rotatable bonds is 6. The lowest BCUT2D eigenvalue weighted by molar-refractivity contribution is -0.137. The Labute approximate surface area is 237 Å². The third-order valence-electron chi connectivity index (χ3n) is 9.65. The molecule has 6 nitrogen and oxygen atoms in total. The topological polar surface area (TPSA) is 47.1 Å². The Morgan fingerprint density at radius 2 is 1.27 bits per heavy atom. The highest BCUT2D eigenvalue weighted by atomic mass is 16.2. The van der Waals surface area contributed by atoms with Gasteiger partial charge in [-0.3, -0.25) is 14.6 Å². The molecule has 3 saturated heterocycles. The van der Waals surface area contributed by atoms with Crippen LogP contribution < -0.4 is 4.90 Å². The number of urea groups is 1. The van der Waals surface area contributed by atoms with Gasteiger partial charge in [0.25, 0.3) is 5.91 Å². The molecule has 6 heteroatoms. The molecule has 4 aliphatic rings. The van der Waals surface area contributed by atoms with Gasteiger partial charge >= 0.3 is 6.03 Å². The number of nitrogens with zero attached hydrogens (tertiary/aromatic N) is 4. The highest BCUT2D eigenvalue weighted by Crippen LogP contribution is 2.41. The van der Waals surface area contributed by atoms with Crippen LogP contribution in [0.25, 0.3) is 0 Å². The number of amides is 3. The first-order chi connectivity index (χ1) is 19.6. The maximum absolute atomic E-state index is 14.3. The first-order valence-corrected chi connectivity index (χ1v) is 14.9. The molecule has 0 N–H and O–H groups in total. The van der Waals surface area contributed by atoms with Gasteiger partial charge in [-0.15, -0.1) is 0 Å². The van der Waals surface area contributed by atoms with Crippen molar-refractivity contribution < 1.29 is 9.59 Å². The van der Waals surface area contributed by atoms with Crippen LogP contribution in [0.15, 0.2) is 78.9 Å². The second-order valence-electron chi connectivity index (χ2n) is 12.0. The summed E-state index contributed by atoms with van der Waals surface area (Å²) in [7, 11) is 0. The summed E-state index contributed by atoms with van der Waals surface area (Å²) in [5.41, 5.74) is 5.44. The van der Waals surface area contributed by atoms with Gasteiger partial charge in [-0.05, 0) is 72.9 Å². The standard InChI is InChI=1S/C34H38N4O2/c39-32-34(16-20-35(21-17-34)24-27-12-14-30(15-13-27)36-18-6-7-19-36)37(25-26-8-2-1-3-9-26)33(40)38(32)31-22-28-10-4-5-11-29(28)23-31/h1-5,8-15,31H,6-7,16-25H2. The zero-order chi connectivity index (χ0) is 27.1. The number of hydrogen-bond donors (Lipinski definition) is 0. The number of anilines is 1. The third kappa shape index (κ3) is 4.48. The Hall–Kier alpha value is -3.64. The van der Waals surface area contributed by atoms with Crippen LogP contribution >= 0.6 is 0 Å². The van der Waals surface area contributed by atoms with E-state index in [-0.39, 0.29) is 18.0 Å². The lowest BCUT2D eigenvalue weighted by atomic mass is 9.85. The molecule has 0 aromatic heterocycles. The fourth-order valence-corrected chi connectivity index (χ4v) is 7.38. The van der Waals surface area contributed by atoms with E-state index in [2.05, 4.69) is 58.3 Å². The molecule has 3 aliphatic heterocycles. The minimum Gasteiger partial charge on any atom is -0.372 e. The Kier molecular flexibility index (Phi) is 6.59. The predicted molar refractivity (Wildman–Crippen MR) is 157 cm³/mol. The van der Waals surface area contributed by atoms with Crippen molar-refractivity contribution >= 4 is 17.6 Å². The smallest absolute Gasteiger partial charge is 0.328 e. The van der Waals surface area contributed by atoms with Crippen molar-refractivity contribution in [3.05, 3.63) is 101 Å². The normalized spacial score (nSPS) is 21.1. The molecule has 0 radical (unpaired) electrons. The van der Waals surface area contributed by atoms with Gasteiger partial charge in [-0.25, -0.2) is 4.79 Å². The van der Waals surface area contributed by atoms with E-state index < -0.39 is 5.54 Å². The van der Waals surface area contributed by atoms with Gasteiger partial charge in [0.2, 0.25) is 0 Å². The molecular weight excluding hydrogens is 496 g/mol. The summed E-state index contributed by atoms with van der Waals surface area (Å²) in [6.07, 6.45) is 5.42. The Morgan fingerprint density at radius 3 is 1.93 bits per heavy atom. The number of fused-ring (bicyclic) bond motifs is 1. The molecule has 40 heavy (non-hydrogen) atoms. The van der Waals surface area contributed by atoms with Crippen LogP contribution in [0.1, 0.15) is 47.9 Å². The van der Waals surface area contributed by atoms with Crippen molar-refractivity contribution in [3.8, 4) is 0 Å². The van der Waals surface area contributed by atoms with Crippen LogP contribution in [0.2, 0.25) is 0 Å². The molecule has 7 rings (SSSR count). The maximum atomic E-state index is 14.3. The first-order valence-electron chi connectivity index (χ1n) is 14.9. The van der Waals surface area contributed by atoms with E-state index in [0.29, 0.717) is 19.4 Å². The van der Waals surface area contributed by atoms with Gasteiger partial charge in [0, 0.05) is 51.0 Å². The van der Waals surface area contributed by atoms with E-state index in [1.54, 1.807) is 4.90 Å². The van der Waals surface area contributed by atoms with Crippen LogP contribution in [0, 0.1) is 0 Å². The number of benzene rings is 3. The molecule has 3 heterocycles. The fraction of sp³-hybridized carbons (Fsp3) is 0.412. The summed E-state index contributed by atoms with van der Waals surface area (Å²) < 4.78 is 0. The third-order valence-corrected chi connectivity index (χ3v) is 9.65. The number of piperidine rings is 1. The van der Waals surface area contributed by atoms with E-state index in [0.717, 1.165) is 51.1 Å². The van der Waals surface area contributed by atoms with Crippen molar-refractivity contribution in [3.63, 3.8) is 0 Å². The second kappa shape index (κ2) is 10.4. The minimum atomic E-state index is -0.766. The number of carbonyl (C=O) groups excluding carboxylic acids is 2. The van der Waals surface area contributed by atoms with E-state index in [4.69, 9.17) is 0 Å². The Morgan fingerprint density at radius 1 is 0.675 bits per heavy atom. The zero-order valence-corrected chi connectivity index (χ0v) is 23.2. The van der Waals surface area contributed by atoms with Crippen LogP contribution in [0.4, 0.5) is 10.5 Å². The molecule has 0 atom stereocenters. The summed E-state index contributed by atoms with van der Waals surface area (Å²) in [6.45, 7) is 5.26. The molecule has 0 saturated carbocycles. The van der Waals surface area contributed by atoms with Crippen molar-refractivity contribution in [2.75, 3.05) is 31.1 Å². The zero-order valence-electron chi connectivity index (χ0n) is 23.2. The van der Waals surface area contributed by atoms with Gasteiger partial charge in [0.15, 0.2) is 0 Å². The molecule has 206 valence electrons. The van der Waals surface area contributed by atoms with E-state index in [1.165, 1.54) is 35.2 Å². The van der Waals surface area contributed by atoms with Crippen LogP contribution in [-0.2, 0) is 30.7 Å².